The van der Waals surface area contributed by atoms with Gasteiger partial charge >= 0.3 is 6.09 Å². The van der Waals surface area contributed by atoms with E-state index in [4.69, 9.17) is 4.74 Å². The van der Waals surface area contributed by atoms with E-state index >= 15 is 0 Å². The Morgan fingerprint density at radius 2 is 1.76 bits per heavy atom. The number of carbonyl (C=O) groups excluding carboxylic acids is 1. The predicted octanol–water partition coefficient (Wildman–Crippen LogP) is 4.39. The molecule has 0 fully saturated rings. The molecule has 1 aromatic rings. The molecule has 1 amide bonds. The normalized spacial score (nSPS) is 11.9. The maximum atomic E-state index is 12.3. The van der Waals surface area contributed by atoms with Gasteiger partial charge in [-0.1, -0.05) is 50.3 Å². The van der Waals surface area contributed by atoms with E-state index in [0.717, 1.165) is 0 Å². The first-order chi connectivity index (χ1) is 9.65. The van der Waals surface area contributed by atoms with Crippen LogP contribution in [0.3, 0.4) is 0 Å². The van der Waals surface area contributed by atoms with Gasteiger partial charge in [0.05, 0.1) is 0 Å². The molecule has 0 N–H and O–H groups in total. The summed E-state index contributed by atoms with van der Waals surface area (Å²) in [7, 11) is 0. The first-order valence-corrected chi connectivity index (χ1v) is 7.30. The smallest absolute Gasteiger partial charge is 0.410 e. The number of nitrogens with zero attached hydrogens (tertiary/aromatic N) is 1. The number of carbonyl (C=O) groups is 1. The predicted molar refractivity (Wildman–Crippen MR) is 87.5 cm³/mol. The van der Waals surface area contributed by atoms with Gasteiger partial charge in [0.15, 0.2) is 0 Å². The molecule has 21 heavy (non-hydrogen) atoms. The molecule has 0 saturated heterocycles. The summed E-state index contributed by atoms with van der Waals surface area (Å²) in [5.41, 5.74) is 0.553. The van der Waals surface area contributed by atoms with Crippen LogP contribution in [0, 0.1) is 0 Å². The number of hydrogen-bond acceptors (Lipinski definition) is 2. The van der Waals surface area contributed by atoms with E-state index in [0.29, 0.717) is 13.1 Å². The Bertz CT molecular complexity index is 472. The van der Waals surface area contributed by atoms with Crippen molar-refractivity contribution in [3.8, 4) is 0 Å². The van der Waals surface area contributed by atoms with Crippen molar-refractivity contribution < 1.29 is 9.53 Å². The number of benzene rings is 1. The standard InChI is InChI=1S/C18H27NO2/c1-7-13-19(16(20)21-17(2,3)4)14-18(5,6)15-11-9-8-10-12-15/h7-12H,1,13-14H2,2-6H3. The van der Waals surface area contributed by atoms with Crippen LogP contribution in [0.5, 0.6) is 0 Å². The van der Waals surface area contributed by atoms with Gasteiger partial charge in [0.1, 0.15) is 5.60 Å². The third-order valence-corrected chi connectivity index (χ3v) is 3.14. The number of hydrogen-bond donors (Lipinski definition) is 0. The monoisotopic (exact) mass is 289 g/mol. The molecule has 0 atom stereocenters. The highest BCUT2D eigenvalue weighted by atomic mass is 16.6. The second-order valence-electron chi connectivity index (χ2n) is 6.90. The Labute approximate surface area is 128 Å². The quantitative estimate of drug-likeness (QED) is 0.752. The molecule has 3 heteroatoms. The molecule has 0 unspecified atom stereocenters. The summed E-state index contributed by atoms with van der Waals surface area (Å²) >= 11 is 0. The molecular weight excluding hydrogens is 262 g/mol. The lowest BCUT2D eigenvalue weighted by molar-refractivity contribution is 0.0238. The van der Waals surface area contributed by atoms with Gasteiger partial charge in [-0.05, 0) is 26.3 Å². The van der Waals surface area contributed by atoms with Crippen LogP contribution < -0.4 is 0 Å². The lowest BCUT2D eigenvalue weighted by Gasteiger charge is -2.34. The number of ether oxygens (including phenoxy) is 1. The molecule has 116 valence electrons. The summed E-state index contributed by atoms with van der Waals surface area (Å²) in [5.74, 6) is 0. The summed E-state index contributed by atoms with van der Waals surface area (Å²) in [6, 6.07) is 10.2. The zero-order valence-electron chi connectivity index (χ0n) is 13.8. The molecule has 0 spiro atoms. The van der Waals surface area contributed by atoms with Gasteiger partial charge < -0.3 is 9.64 Å². The fourth-order valence-corrected chi connectivity index (χ4v) is 2.14. The highest BCUT2D eigenvalue weighted by Gasteiger charge is 2.28. The summed E-state index contributed by atoms with van der Waals surface area (Å²) in [4.78, 5) is 14.0. The van der Waals surface area contributed by atoms with Crippen LogP contribution in [0.2, 0.25) is 0 Å². The Kier molecular flexibility index (Phi) is 5.59. The molecule has 0 saturated carbocycles. The van der Waals surface area contributed by atoms with Crippen molar-refractivity contribution in [1.82, 2.24) is 4.90 Å². The van der Waals surface area contributed by atoms with Gasteiger partial charge in [0.2, 0.25) is 0 Å². The highest BCUT2D eigenvalue weighted by molar-refractivity contribution is 5.68. The zero-order chi connectivity index (χ0) is 16.1. The molecule has 0 bridgehead atoms. The fourth-order valence-electron chi connectivity index (χ4n) is 2.14. The summed E-state index contributed by atoms with van der Waals surface area (Å²) in [6.07, 6.45) is 1.43. The second kappa shape index (κ2) is 6.79. The van der Waals surface area contributed by atoms with Crippen molar-refractivity contribution >= 4 is 6.09 Å². The molecular formula is C18H27NO2. The topological polar surface area (TPSA) is 29.5 Å². The minimum absolute atomic E-state index is 0.152. The average molecular weight is 289 g/mol. The first kappa shape index (κ1) is 17.3. The van der Waals surface area contributed by atoms with Crippen molar-refractivity contribution in [2.45, 2.75) is 45.6 Å². The van der Waals surface area contributed by atoms with Gasteiger partial charge in [-0.3, -0.25) is 0 Å². The van der Waals surface area contributed by atoms with Gasteiger partial charge in [0.25, 0.3) is 0 Å². The SMILES string of the molecule is C=CCN(CC(C)(C)c1ccccc1)C(=O)OC(C)(C)C. The van der Waals surface area contributed by atoms with Gasteiger partial charge in [-0.15, -0.1) is 6.58 Å². The van der Waals surface area contributed by atoms with E-state index in [1.807, 2.05) is 39.0 Å². The molecule has 0 heterocycles. The fraction of sp³-hybridized carbons (Fsp3) is 0.500. The van der Waals surface area contributed by atoms with Crippen LogP contribution in [0.25, 0.3) is 0 Å². The Hall–Kier alpha value is -1.77. The average Bonchev–Trinajstić information content (AvgIpc) is 2.37. The third-order valence-electron chi connectivity index (χ3n) is 3.14. The largest absolute Gasteiger partial charge is 0.444 e. The Morgan fingerprint density at radius 1 is 1.19 bits per heavy atom. The van der Waals surface area contributed by atoms with Crippen LogP contribution in [-0.2, 0) is 10.2 Å². The van der Waals surface area contributed by atoms with Gasteiger partial charge in [-0.25, -0.2) is 4.79 Å². The number of rotatable bonds is 5. The van der Waals surface area contributed by atoms with Crippen LogP contribution in [0.1, 0.15) is 40.2 Å². The van der Waals surface area contributed by atoms with Crippen molar-refractivity contribution in [1.29, 1.82) is 0 Å². The van der Waals surface area contributed by atoms with E-state index in [1.165, 1.54) is 5.56 Å². The summed E-state index contributed by atoms with van der Waals surface area (Å²) in [6.45, 7) is 14.7. The summed E-state index contributed by atoms with van der Waals surface area (Å²) < 4.78 is 5.47. The van der Waals surface area contributed by atoms with E-state index in [-0.39, 0.29) is 11.5 Å². The minimum atomic E-state index is -0.493. The minimum Gasteiger partial charge on any atom is -0.444 e. The lowest BCUT2D eigenvalue weighted by Crippen LogP contribution is -2.43. The molecule has 1 aromatic carbocycles. The van der Waals surface area contributed by atoms with E-state index in [1.54, 1.807) is 11.0 Å². The molecule has 0 aliphatic heterocycles. The first-order valence-electron chi connectivity index (χ1n) is 7.30. The Morgan fingerprint density at radius 3 is 2.24 bits per heavy atom. The molecule has 0 aliphatic rings. The van der Waals surface area contributed by atoms with Crippen LogP contribution >= 0.6 is 0 Å². The molecule has 3 nitrogen and oxygen atoms in total. The molecule has 0 radical (unpaired) electrons. The molecule has 0 aromatic heterocycles. The summed E-state index contributed by atoms with van der Waals surface area (Å²) in [5, 5.41) is 0. The van der Waals surface area contributed by atoms with E-state index < -0.39 is 5.60 Å². The van der Waals surface area contributed by atoms with E-state index in [2.05, 4.69) is 32.6 Å². The lowest BCUT2D eigenvalue weighted by atomic mass is 9.84. The van der Waals surface area contributed by atoms with Crippen LogP contribution in [0.4, 0.5) is 4.79 Å². The highest BCUT2D eigenvalue weighted by Crippen LogP contribution is 2.25. The van der Waals surface area contributed by atoms with Crippen LogP contribution in [-0.4, -0.2) is 29.7 Å². The van der Waals surface area contributed by atoms with Crippen molar-refractivity contribution in [2.24, 2.45) is 0 Å². The van der Waals surface area contributed by atoms with Gasteiger partial charge in [-0.2, -0.15) is 0 Å². The van der Waals surface area contributed by atoms with Crippen molar-refractivity contribution in [2.75, 3.05) is 13.1 Å². The maximum absolute atomic E-state index is 12.3. The molecule has 0 aliphatic carbocycles. The molecule has 1 rings (SSSR count). The number of amides is 1. The maximum Gasteiger partial charge on any atom is 0.410 e. The van der Waals surface area contributed by atoms with Gasteiger partial charge in [0, 0.05) is 18.5 Å². The second-order valence-corrected chi connectivity index (χ2v) is 6.90. The Balaban J connectivity index is 2.87. The third kappa shape index (κ3) is 5.62. The van der Waals surface area contributed by atoms with Crippen molar-refractivity contribution in [3.05, 3.63) is 48.6 Å². The van der Waals surface area contributed by atoms with Crippen molar-refractivity contribution in [3.63, 3.8) is 0 Å². The van der Waals surface area contributed by atoms with Crippen LogP contribution in [0.15, 0.2) is 43.0 Å². The van der Waals surface area contributed by atoms with E-state index in [9.17, 15) is 4.79 Å². The zero-order valence-corrected chi connectivity index (χ0v) is 13.8.